The third-order valence-corrected chi connectivity index (χ3v) is 6.00. The van der Waals surface area contributed by atoms with E-state index in [4.69, 9.17) is 4.42 Å². The van der Waals surface area contributed by atoms with E-state index < -0.39 is 0 Å². The molecule has 0 radical (unpaired) electrons. The number of hydrogen-bond donors (Lipinski definition) is 1. The molecule has 0 saturated heterocycles. The van der Waals surface area contributed by atoms with Crippen LogP contribution in [-0.2, 0) is 17.8 Å². The van der Waals surface area contributed by atoms with Gasteiger partial charge in [-0.15, -0.1) is 0 Å². The van der Waals surface area contributed by atoms with Crippen LogP contribution in [0.2, 0.25) is 0 Å². The maximum atomic E-state index is 13.7. The minimum Gasteiger partial charge on any atom is -0.467 e. The molecule has 32 heavy (non-hydrogen) atoms. The molecule has 7 heteroatoms. The predicted octanol–water partition coefficient (Wildman–Crippen LogP) is 3.93. The number of benzene rings is 2. The zero-order chi connectivity index (χ0) is 22.7. The second kappa shape index (κ2) is 9.36. The largest absolute Gasteiger partial charge is 0.467 e. The smallest absolute Gasteiger partial charge is 0.253 e. The number of rotatable bonds is 6. The Morgan fingerprint density at radius 1 is 1.19 bits per heavy atom. The van der Waals surface area contributed by atoms with Crippen LogP contribution in [0.5, 0.6) is 0 Å². The fourth-order valence-corrected chi connectivity index (χ4v) is 4.10. The topological polar surface area (TPSA) is 65.8 Å². The van der Waals surface area contributed by atoms with Gasteiger partial charge in [0, 0.05) is 19.6 Å². The molecule has 0 fully saturated rings. The molecule has 6 nitrogen and oxygen atoms in total. The molecule has 1 aromatic heterocycles. The van der Waals surface area contributed by atoms with E-state index >= 15 is 0 Å². The minimum atomic E-state index is -0.285. The van der Waals surface area contributed by atoms with Crippen molar-refractivity contribution in [2.45, 2.75) is 25.9 Å². The SMILES string of the molecule is CC1c2cc(F)ccc2CCN1CC(=O)N(C)c1ccccc1C(=O)NCc1ccco1. The van der Waals surface area contributed by atoms with Crippen molar-refractivity contribution in [1.29, 1.82) is 0 Å². The molecule has 2 aromatic carbocycles. The summed E-state index contributed by atoms with van der Waals surface area (Å²) in [6.07, 6.45) is 2.32. The number of furan rings is 1. The van der Waals surface area contributed by atoms with Crippen molar-refractivity contribution in [1.82, 2.24) is 10.2 Å². The van der Waals surface area contributed by atoms with Gasteiger partial charge in [-0.05, 0) is 60.9 Å². The summed E-state index contributed by atoms with van der Waals surface area (Å²) in [7, 11) is 1.67. The highest BCUT2D eigenvalue weighted by Crippen LogP contribution is 2.30. The summed E-state index contributed by atoms with van der Waals surface area (Å²) in [5, 5.41) is 2.82. The summed E-state index contributed by atoms with van der Waals surface area (Å²) in [4.78, 5) is 29.4. The summed E-state index contributed by atoms with van der Waals surface area (Å²) in [5.74, 6) is -0.0400. The van der Waals surface area contributed by atoms with E-state index in [1.54, 1.807) is 55.8 Å². The summed E-state index contributed by atoms with van der Waals surface area (Å²) >= 11 is 0. The van der Waals surface area contributed by atoms with Crippen molar-refractivity contribution >= 4 is 17.5 Å². The first-order valence-corrected chi connectivity index (χ1v) is 10.6. The van der Waals surface area contributed by atoms with Crippen molar-refractivity contribution < 1.29 is 18.4 Å². The molecule has 0 saturated carbocycles. The number of carbonyl (C=O) groups is 2. The highest BCUT2D eigenvalue weighted by atomic mass is 19.1. The fourth-order valence-electron chi connectivity index (χ4n) is 4.10. The molecule has 3 aromatic rings. The molecule has 1 aliphatic heterocycles. The Bertz CT molecular complexity index is 1110. The number of likely N-dealkylation sites (N-methyl/N-ethyl adjacent to an activating group) is 1. The van der Waals surface area contributed by atoms with Crippen LogP contribution in [-0.4, -0.2) is 36.9 Å². The Morgan fingerprint density at radius 3 is 2.78 bits per heavy atom. The summed E-state index contributed by atoms with van der Waals surface area (Å²) in [5.41, 5.74) is 2.98. The first-order chi connectivity index (χ1) is 15.4. The van der Waals surface area contributed by atoms with E-state index in [9.17, 15) is 14.0 Å². The summed E-state index contributed by atoms with van der Waals surface area (Å²) in [6, 6.07) is 15.3. The molecule has 166 valence electrons. The first kappa shape index (κ1) is 21.8. The quantitative estimate of drug-likeness (QED) is 0.637. The van der Waals surface area contributed by atoms with Crippen LogP contribution in [0.4, 0.5) is 10.1 Å². The predicted molar refractivity (Wildman–Crippen MR) is 120 cm³/mol. The number of nitrogens with one attached hydrogen (secondary N) is 1. The molecule has 0 bridgehead atoms. The van der Waals surface area contributed by atoms with Crippen LogP contribution in [0.15, 0.2) is 65.3 Å². The van der Waals surface area contributed by atoms with E-state index in [0.29, 0.717) is 23.6 Å². The van der Waals surface area contributed by atoms with Gasteiger partial charge in [0.25, 0.3) is 5.91 Å². The van der Waals surface area contributed by atoms with Crippen LogP contribution in [0.1, 0.15) is 40.2 Å². The van der Waals surface area contributed by atoms with Gasteiger partial charge in [-0.2, -0.15) is 0 Å². The van der Waals surface area contributed by atoms with Gasteiger partial charge in [0.1, 0.15) is 11.6 Å². The van der Waals surface area contributed by atoms with Gasteiger partial charge in [0.2, 0.25) is 5.91 Å². The monoisotopic (exact) mass is 435 g/mol. The van der Waals surface area contributed by atoms with Crippen molar-refractivity contribution in [3.63, 3.8) is 0 Å². The number of halogens is 1. The molecule has 0 aliphatic carbocycles. The highest BCUT2D eigenvalue weighted by molar-refractivity contribution is 6.05. The normalized spacial score (nSPS) is 15.8. The Hall–Kier alpha value is -3.45. The lowest BCUT2D eigenvalue weighted by molar-refractivity contribution is -0.120. The lowest BCUT2D eigenvalue weighted by Crippen LogP contribution is -2.43. The standard InChI is InChI=1S/C25H26FN3O3/c1-17-22-14-19(26)10-9-18(22)11-12-29(17)16-24(30)28(2)23-8-4-3-7-21(23)25(31)27-15-20-6-5-13-32-20/h3-10,13-14,17H,11-12,15-16H2,1-2H3,(H,27,31). The molecular formula is C25H26FN3O3. The lowest BCUT2D eigenvalue weighted by atomic mass is 9.93. The fraction of sp³-hybridized carbons (Fsp3) is 0.280. The molecular weight excluding hydrogens is 409 g/mol. The maximum absolute atomic E-state index is 13.7. The van der Waals surface area contributed by atoms with Crippen LogP contribution in [0.25, 0.3) is 0 Å². The second-order valence-corrected chi connectivity index (χ2v) is 7.97. The molecule has 2 amide bonds. The van der Waals surface area contributed by atoms with E-state index in [-0.39, 0.29) is 36.8 Å². The number of carbonyl (C=O) groups excluding carboxylic acids is 2. The van der Waals surface area contributed by atoms with Gasteiger partial charge in [-0.3, -0.25) is 14.5 Å². The maximum Gasteiger partial charge on any atom is 0.253 e. The van der Waals surface area contributed by atoms with Crippen LogP contribution < -0.4 is 10.2 Å². The first-order valence-electron chi connectivity index (χ1n) is 10.6. The van der Waals surface area contributed by atoms with Crippen molar-refractivity contribution in [3.8, 4) is 0 Å². The minimum absolute atomic E-state index is 0.0707. The number of para-hydroxylation sites is 1. The number of amides is 2. The van der Waals surface area contributed by atoms with Crippen LogP contribution in [0, 0.1) is 5.82 Å². The van der Waals surface area contributed by atoms with Crippen molar-refractivity contribution in [2.75, 3.05) is 25.0 Å². The van der Waals surface area contributed by atoms with Gasteiger partial charge in [-0.25, -0.2) is 4.39 Å². The van der Waals surface area contributed by atoms with Gasteiger partial charge < -0.3 is 14.6 Å². The number of fused-ring (bicyclic) bond motifs is 1. The zero-order valence-electron chi connectivity index (χ0n) is 18.2. The molecule has 1 aliphatic rings. The zero-order valence-corrected chi connectivity index (χ0v) is 18.2. The Morgan fingerprint density at radius 2 is 2.00 bits per heavy atom. The molecule has 1 N–H and O–H groups in total. The highest BCUT2D eigenvalue weighted by Gasteiger charge is 2.28. The van der Waals surface area contributed by atoms with E-state index in [1.165, 1.54) is 11.0 Å². The van der Waals surface area contributed by atoms with Gasteiger partial charge in [-0.1, -0.05) is 18.2 Å². The summed E-state index contributed by atoms with van der Waals surface area (Å²) < 4.78 is 19.0. The van der Waals surface area contributed by atoms with Crippen LogP contribution in [0.3, 0.4) is 0 Å². The Labute approximate surface area is 186 Å². The van der Waals surface area contributed by atoms with Crippen molar-refractivity contribution in [2.24, 2.45) is 0 Å². The third-order valence-electron chi connectivity index (χ3n) is 6.00. The molecule has 4 rings (SSSR count). The molecule has 1 unspecified atom stereocenters. The lowest BCUT2D eigenvalue weighted by Gasteiger charge is -2.35. The molecule has 2 heterocycles. The van der Waals surface area contributed by atoms with Crippen LogP contribution >= 0.6 is 0 Å². The average Bonchev–Trinajstić information content (AvgIpc) is 3.33. The van der Waals surface area contributed by atoms with Gasteiger partial charge in [0.15, 0.2) is 0 Å². The third kappa shape index (κ3) is 4.57. The van der Waals surface area contributed by atoms with E-state index in [1.807, 2.05) is 17.9 Å². The van der Waals surface area contributed by atoms with E-state index in [2.05, 4.69) is 5.32 Å². The number of nitrogens with zero attached hydrogens (tertiary/aromatic N) is 2. The van der Waals surface area contributed by atoms with Gasteiger partial charge in [0.05, 0.1) is 30.6 Å². The Kier molecular flexibility index (Phi) is 6.37. The molecule has 1 atom stereocenters. The Balaban J connectivity index is 1.46. The van der Waals surface area contributed by atoms with Crippen molar-refractivity contribution in [3.05, 3.63) is 89.1 Å². The second-order valence-electron chi connectivity index (χ2n) is 7.97. The van der Waals surface area contributed by atoms with Gasteiger partial charge >= 0.3 is 0 Å². The number of anilines is 1. The average molecular weight is 435 g/mol. The molecule has 0 spiro atoms. The van der Waals surface area contributed by atoms with E-state index in [0.717, 1.165) is 17.5 Å². The number of hydrogen-bond acceptors (Lipinski definition) is 4. The summed E-state index contributed by atoms with van der Waals surface area (Å²) in [6.45, 7) is 3.14.